The number of nitriles is 1. The van der Waals surface area contributed by atoms with Crippen molar-refractivity contribution >= 4 is 5.69 Å². The predicted octanol–water partition coefficient (Wildman–Crippen LogP) is 2.90. The van der Waals surface area contributed by atoms with Gasteiger partial charge in [0.15, 0.2) is 0 Å². The number of rotatable bonds is 3. The van der Waals surface area contributed by atoms with Gasteiger partial charge in [-0.3, -0.25) is 4.98 Å². The number of aromatic nitrogens is 1. The van der Waals surface area contributed by atoms with E-state index in [4.69, 9.17) is 5.26 Å². The fourth-order valence-electron chi connectivity index (χ4n) is 1.84. The van der Waals surface area contributed by atoms with E-state index in [9.17, 15) is 0 Å². The SMILES string of the molecule is Cc1ccc(CN(C)c2cnccc2C#N)cc1. The van der Waals surface area contributed by atoms with E-state index in [1.54, 1.807) is 18.5 Å². The fourth-order valence-corrected chi connectivity index (χ4v) is 1.84. The van der Waals surface area contributed by atoms with E-state index in [1.165, 1.54) is 11.1 Å². The number of pyridine rings is 1. The normalized spacial score (nSPS) is 9.83. The molecule has 0 aliphatic heterocycles. The summed E-state index contributed by atoms with van der Waals surface area (Å²) in [6, 6.07) is 12.3. The van der Waals surface area contributed by atoms with Gasteiger partial charge in [-0.15, -0.1) is 0 Å². The van der Waals surface area contributed by atoms with Gasteiger partial charge in [0.05, 0.1) is 17.4 Å². The summed E-state index contributed by atoms with van der Waals surface area (Å²) in [4.78, 5) is 6.12. The third kappa shape index (κ3) is 2.67. The van der Waals surface area contributed by atoms with Crippen molar-refractivity contribution < 1.29 is 0 Å². The lowest BCUT2D eigenvalue weighted by Crippen LogP contribution is -2.17. The van der Waals surface area contributed by atoms with E-state index >= 15 is 0 Å². The zero-order valence-corrected chi connectivity index (χ0v) is 10.6. The summed E-state index contributed by atoms with van der Waals surface area (Å²) in [5.74, 6) is 0. The van der Waals surface area contributed by atoms with E-state index in [1.807, 2.05) is 11.9 Å². The molecule has 0 aliphatic carbocycles. The summed E-state index contributed by atoms with van der Waals surface area (Å²) in [6.07, 6.45) is 3.37. The van der Waals surface area contributed by atoms with Gasteiger partial charge < -0.3 is 4.90 Å². The minimum atomic E-state index is 0.652. The fraction of sp³-hybridized carbons (Fsp3) is 0.200. The molecule has 1 aromatic heterocycles. The van der Waals surface area contributed by atoms with Crippen molar-refractivity contribution in [2.24, 2.45) is 0 Å². The van der Waals surface area contributed by atoms with Crippen molar-refractivity contribution in [2.45, 2.75) is 13.5 Å². The van der Waals surface area contributed by atoms with E-state index in [0.717, 1.165) is 12.2 Å². The molecule has 0 bridgehead atoms. The van der Waals surface area contributed by atoms with Crippen molar-refractivity contribution in [1.29, 1.82) is 5.26 Å². The van der Waals surface area contributed by atoms with Crippen molar-refractivity contribution in [3.05, 3.63) is 59.4 Å². The first-order valence-corrected chi connectivity index (χ1v) is 5.81. The van der Waals surface area contributed by atoms with E-state index in [0.29, 0.717) is 5.56 Å². The summed E-state index contributed by atoms with van der Waals surface area (Å²) < 4.78 is 0. The van der Waals surface area contributed by atoms with Crippen LogP contribution in [0.1, 0.15) is 16.7 Å². The van der Waals surface area contributed by atoms with E-state index < -0.39 is 0 Å². The van der Waals surface area contributed by atoms with Crippen molar-refractivity contribution in [2.75, 3.05) is 11.9 Å². The Hall–Kier alpha value is -2.34. The molecule has 3 heteroatoms. The highest BCUT2D eigenvalue weighted by molar-refractivity contribution is 5.57. The predicted molar refractivity (Wildman–Crippen MR) is 72.2 cm³/mol. The Balaban J connectivity index is 2.19. The van der Waals surface area contributed by atoms with E-state index in [-0.39, 0.29) is 0 Å². The number of anilines is 1. The van der Waals surface area contributed by atoms with Gasteiger partial charge in [-0.05, 0) is 18.6 Å². The maximum Gasteiger partial charge on any atom is 0.101 e. The summed E-state index contributed by atoms with van der Waals surface area (Å²) in [5, 5.41) is 9.07. The van der Waals surface area contributed by atoms with Crippen molar-refractivity contribution in [3.8, 4) is 6.07 Å². The molecule has 0 radical (unpaired) electrons. The molecule has 0 spiro atoms. The van der Waals surface area contributed by atoms with Crippen LogP contribution >= 0.6 is 0 Å². The first kappa shape index (κ1) is 12.1. The van der Waals surface area contributed by atoms with E-state index in [2.05, 4.69) is 42.2 Å². The van der Waals surface area contributed by atoms with Gasteiger partial charge in [-0.1, -0.05) is 29.8 Å². The summed E-state index contributed by atoms with van der Waals surface area (Å²) >= 11 is 0. The molecule has 1 heterocycles. The van der Waals surface area contributed by atoms with Gasteiger partial charge in [-0.25, -0.2) is 0 Å². The minimum absolute atomic E-state index is 0.652. The molecular formula is C15H15N3. The monoisotopic (exact) mass is 237 g/mol. The van der Waals surface area contributed by atoms with Crippen LogP contribution in [0.25, 0.3) is 0 Å². The highest BCUT2D eigenvalue weighted by Gasteiger charge is 2.07. The second-order valence-corrected chi connectivity index (χ2v) is 4.35. The molecule has 0 saturated carbocycles. The van der Waals surface area contributed by atoms with Gasteiger partial charge in [0.2, 0.25) is 0 Å². The highest BCUT2D eigenvalue weighted by atomic mass is 15.1. The highest BCUT2D eigenvalue weighted by Crippen LogP contribution is 2.19. The van der Waals surface area contributed by atoms with Gasteiger partial charge in [0.1, 0.15) is 6.07 Å². The molecule has 0 unspecified atom stereocenters. The Morgan fingerprint density at radius 2 is 1.94 bits per heavy atom. The largest absolute Gasteiger partial charge is 0.368 e. The summed E-state index contributed by atoms with van der Waals surface area (Å²) in [6.45, 7) is 2.84. The smallest absolute Gasteiger partial charge is 0.101 e. The van der Waals surface area contributed by atoms with Gasteiger partial charge in [-0.2, -0.15) is 5.26 Å². The molecule has 3 nitrogen and oxygen atoms in total. The zero-order chi connectivity index (χ0) is 13.0. The van der Waals surface area contributed by atoms with Crippen LogP contribution in [0.3, 0.4) is 0 Å². The van der Waals surface area contributed by atoms with Crippen LogP contribution in [0.15, 0.2) is 42.7 Å². The maximum atomic E-state index is 9.07. The average molecular weight is 237 g/mol. The molecule has 1 aromatic carbocycles. The second kappa shape index (κ2) is 5.33. The number of benzene rings is 1. The topological polar surface area (TPSA) is 39.9 Å². The Labute approximate surface area is 107 Å². The summed E-state index contributed by atoms with van der Waals surface area (Å²) in [7, 11) is 1.97. The third-order valence-electron chi connectivity index (χ3n) is 2.87. The molecule has 0 atom stereocenters. The van der Waals surface area contributed by atoms with Crippen LogP contribution in [-0.4, -0.2) is 12.0 Å². The Morgan fingerprint density at radius 1 is 1.22 bits per heavy atom. The van der Waals surface area contributed by atoms with Crippen LogP contribution in [-0.2, 0) is 6.54 Å². The van der Waals surface area contributed by atoms with Crippen molar-refractivity contribution in [3.63, 3.8) is 0 Å². The Bertz CT molecular complexity index is 567. The molecule has 18 heavy (non-hydrogen) atoms. The maximum absolute atomic E-state index is 9.07. The van der Waals surface area contributed by atoms with Crippen molar-refractivity contribution in [1.82, 2.24) is 4.98 Å². The molecule has 2 rings (SSSR count). The average Bonchev–Trinajstić information content (AvgIpc) is 2.41. The van der Waals surface area contributed by atoms with Gasteiger partial charge in [0, 0.05) is 19.8 Å². The molecule has 0 saturated heterocycles. The molecule has 0 N–H and O–H groups in total. The van der Waals surface area contributed by atoms with Crippen LogP contribution in [0.5, 0.6) is 0 Å². The molecule has 2 aromatic rings. The minimum Gasteiger partial charge on any atom is -0.368 e. The lowest BCUT2D eigenvalue weighted by Gasteiger charge is -2.20. The Morgan fingerprint density at radius 3 is 2.61 bits per heavy atom. The van der Waals surface area contributed by atoms with Crippen LogP contribution in [0.2, 0.25) is 0 Å². The van der Waals surface area contributed by atoms with Crippen LogP contribution in [0.4, 0.5) is 5.69 Å². The van der Waals surface area contributed by atoms with Crippen LogP contribution < -0.4 is 4.90 Å². The summed E-state index contributed by atoms with van der Waals surface area (Å²) in [5.41, 5.74) is 3.98. The van der Waals surface area contributed by atoms with Gasteiger partial charge in [0.25, 0.3) is 0 Å². The zero-order valence-electron chi connectivity index (χ0n) is 10.6. The standard InChI is InChI=1S/C15H15N3/c1-12-3-5-13(6-4-12)11-18(2)15-10-17-8-7-14(15)9-16/h3-8,10H,11H2,1-2H3. The molecule has 90 valence electrons. The number of nitrogens with zero attached hydrogens (tertiary/aromatic N) is 3. The lowest BCUT2D eigenvalue weighted by molar-refractivity contribution is 0.915. The Kier molecular flexibility index (Phi) is 3.59. The molecule has 0 amide bonds. The lowest BCUT2D eigenvalue weighted by atomic mass is 10.1. The number of hydrogen-bond donors (Lipinski definition) is 0. The number of hydrogen-bond acceptors (Lipinski definition) is 3. The molecule has 0 aliphatic rings. The van der Waals surface area contributed by atoms with Crippen LogP contribution in [0, 0.1) is 18.3 Å². The first-order valence-electron chi connectivity index (χ1n) is 5.81. The second-order valence-electron chi connectivity index (χ2n) is 4.35. The third-order valence-corrected chi connectivity index (χ3v) is 2.87. The molecule has 0 fully saturated rings. The quantitative estimate of drug-likeness (QED) is 0.824. The molecular weight excluding hydrogens is 222 g/mol. The number of aryl methyl sites for hydroxylation is 1. The first-order chi connectivity index (χ1) is 8.70. The van der Waals surface area contributed by atoms with Gasteiger partial charge >= 0.3 is 0 Å².